The molecule has 0 aromatic heterocycles. The molecule has 1 saturated carbocycles. The van der Waals surface area contributed by atoms with E-state index in [1.807, 2.05) is 30.6 Å². The highest BCUT2D eigenvalue weighted by Gasteiger charge is 2.32. The fraction of sp³-hybridized carbons (Fsp3) is 0.882. The maximum Gasteiger partial charge on any atom is 0.317 e. The van der Waals surface area contributed by atoms with Gasteiger partial charge < -0.3 is 15.1 Å². The van der Waals surface area contributed by atoms with Crippen LogP contribution in [0.4, 0.5) is 4.79 Å². The number of piperazine rings is 1. The number of nitrogens with one attached hydrogen (secondary N) is 1. The summed E-state index contributed by atoms with van der Waals surface area (Å²) in [6.07, 6.45) is 4.79. The van der Waals surface area contributed by atoms with Crippen molar-refractivity contribution < 1.29 is 9.59 Å². The molecule has 0 aromatic carbocycles. The maximum absolute atomic E-state index is 12.4. The first-order valence-corrected chi connectivity index (χ1v) is 8.64. The molecule has 0 spiro atoms. The molecule has 0 unspecified atom stereocenters. The van der Waals surface area contributed by atoms with Crippen LogP contribution in [-0.4, -0.2) is 54.0 Å². The molecular formula is C17H31N3O2. The number of rotatable bonds is 1. The van der Waals surface area contributed by atoms with Crippen LogP contribution in [0.5, 0.6) is 0 Å². The summed E-state index contributed by atoms with van der Waals surface area (Å²) < 4.78 is 0. The van der Waals surface area contributed by atoms with Crippen molar-refractivity contribution in [3.05, 3.63) is 0 Å². The van der Waals surface area contributed by atoms with Crippen LogP contribution in [0.2, 0.25) is 0 Å². The molecule has 1 aliphatic carbocycles. The molecule has 1 saturated heterocycles. The summed E-state index contributed by atoms with van der Waals surface area (Å²) in [4.78, 5) is 28.4. The van der Waals surface area contributed by atoms with Gasteiger partial charge in [-0.15, -0.1) is 0 Å². The highest BCUT2D eigenvalue weighted by molar-refractivity contribution is 5.82. The number of hydrogen-bond acceptors (Lipinski definition) is 2. The van der Waals surface area contributed by atoms with Crippen molar-refractivity contribution >= 4 is 11.9 Å². The van der Waals surface area contributed by atoms with Crippen molar-refractivity contribution in [1.29, 1.82) is 0 Å². The van der Waals surface area contributed by atoms with Crippen LogP contribution < -0.4 is 5.32 Å². The fourth-order valence-electron chi connectivity index (χ4n) is 3.37. The third-order valence-corrected chi connectivity index (χ3v) is 4.92. The molecule has 2 fully saturated rings. The minimum atomic E-state index is -0.345. The quantitative estimate of drug-likeness (QED) is 0.809. The highest BCUT2D eigenvalue weighted by Crippen LogP contribution is 2.24. The normalized spacial score (nSPS) is 26.7. The first-order chi connectivity index (χ1) is 10.3. The van der Waals surface area contributed by atoms with Gasteiger partial charge in [0.15, 0.2) is 0 Å². The van der Waals surface area contributed by atoms with E-state index in [1.165, 1.54) is 19.3 Å². The van der Waals surface area contributed by atoms with Crippen molar-refractivity contribution in [1.82, 2.24) is 15.1 Å². The molecule has 126 valence electrons. The molecule has 2 rings (SSSR count). The second-order valence-corrected chi connectivity index (χ2v) is 7.85. The molecule has 1 N–H and O–H groups in total. The lowest BCUT2D eigenvalue weighted by atomic mass is 9.86. The average Bonchev–Trinajstić information content (AvgIpc) is 2.48. The van der Waals surface area contributed by atoms with Crippen molar-refractivity contribution in [3.63, 3.8) is 0 Å². The topological polar surface area (TPSA) is 52.7 Å². The predicted molar refractivity (Wildman–Crippen MR) is 87.6 cm³/mol. The molecule has 5 nitrogen and oxygen atoms in total. The van der Waals surface area contributed by atoms with Gasteiger partial charge in [-0.25, -0.2) is 4.79 Å². The van der Waals surface area contributed by atoms with Crippen molar-refractivity contribution in [2.24, 2.45) is 11.3 Å². The Hall–Kier alpha value is -1.26. The maximum atomic E-state index is 12.4. The van der Waals surface area contributed by atoms with E-state index in [0.29, 0.717) is 38.1 Å². The lowest BCUT2D eigenvalue weighted by Gasteiger charge is -2.39. The Balaban J connectivity index is 1.81. The van der Waals surface area contributed by atoms with E-state index in [9.17, 15) is 9.59 Å². The minimum absolute atomic E-state index is 0.0432. The van der Waals surface area contributed by atoms with E-state index >= 15 is 0 Å². The molecule has 3 amide bonds. The zero-order valence-corrected chi connectivity index (χ0v) is 14.5. The monoisotopic (exact) mass is 309 g/mol. The standard InChI is InChI=1S/C17H31N3O2/c1-13-7-5-6-8-14(13)18-16(22)20-11-9-19(10-12-20)15(21)17(2,3)4/h13-14H,5-12H2,1-4H3,(H,18,22)/t13-,14+/m1/s1. The van der Waals surface area contributed by atoms with E-state index in [4.69, 9.17) is 0 Å². The summed E-state index contributed by atoms with van der Waals surface area (Å²) >= 11 is 0. The van der Waals surface area contributed by atoms with Gasteiger partial charge in [0.1, 0.15) is 0 Å². The van der Waals surface area contributed by atoms with Crippen molar-refractivity contribution in [2.75, 3.05) is 26.2 Å². The van der Waals surface area contributed by atoms with Crippen LogP contribution in [0.15, 0.2) is 0 Å². The third kappa shape index (κ3) is 4.14. The van der Waals surface area contributed by atoms with Gasteiger partial charge in [-0.2, -0.15) is 0 Å². The predicted octanol–water partition coefficient (Wildman–Crippen LogP) is 2.47. The third-order valence-electron chi connectivity index (χ3n) is 4.92. The van der Waals surface area contributed by atoms with Crippen LogP contribution in [-0.2, 0) is 4.79 Å². The molecular weight excluding hydrogens is 278 g/mol. The molecule has 0 aromatic rings. The van der Waals surface area contributed by atoms with Crippen LogP contribution in [0, 0.1) is 11.3 Å². The van der Waals surface area contributed by atoms with Crippen molar-refractivity contribution in [3.8, 4) is 0 Å². The minimum Gasteiger partial charge on any atom is -0.339 e. The van der Waals surface area contributed by atoms with Crippen molar-refractivity contribution in [2.45, 2.75) is 59.4 Å². The highest BCUT2D eigenvalue weighted by atomic mass is 16.2. The molecule has 22 heavy (non-hydrogen) atoms. The summed E-state index contributed by atoms with van der Waals surface area (Å²) in [5.74, 6) is 0.745. The Kier molecular flexibility index (Phi) is 5.35. The lowest BCUT2D eigenvalue weighted by molar-refractivity contribution is -0.140. The molecule has 0 bridgehead atoms. The second-order valence-electron chi connectivity index (χ2n) is 7.85. The first-order valence-electron chi connectivity index (χ1n) is 8.64. The van der Waals surface area contributed by atoms with Crippen LogP contribution >= 0.6 is 0 Å². The number of carbonyl (C=O) groups is 2. The van der Waals surface area contributed by atoms with Gasteiger partial charge in [-0.3, -0.25) is 4.79 Å². The van der Waals surface area contributed by atoms with E-state index in [0.717, 1.165) is 6.42 Å². The molecule has 0 radical (unpaired) electrons. The Morgan fingerprint density at radius 1 is 0.955 bits per heavy atom. The molecule has 1 heterocycles. The Bertz CT molecular complexity index is 409. The van der Waals surface area contributed by atoms with E-state index < -0.39 is 0 Å². The number of urea groups is 1. The molecule has 5 heteroatoms. The summed E-state index contributed by atoms with van der Waals surface area (Å²) in [5, 5.41) is 3.20. The average molecular weight is 309 g/mol. The van der Waals surface area contributed by atoms with Crippen LogP contribution in [0.1, 0.15) is 53.4 Å². The molecule has 2 aliphatic rings. The van der Waals surface area contributed by atoms with Crippen LogP contribution in [0.3, 0.4) is 0 Å². The largest absolute Gasteiger partial charge is 0.339 e. The van der Waals surface area contributed by atoms with Gasteiger partial charge in [0.25, 0.3) is 0 Å². The zero-order valence-electron chi connectivity index (χ0n) is 14.5. The summed E-state index contributed by atoms with van der Waals surface area (Å²) in [6, 6.07) is 0.358. The van der Waals surface area contributed by atoms with Gasteiger partial charge in [0, 0.05) is 37.6 Å². The lowest BCUT2D eigenvalue weighted by Crippen LogP contribution is -2.56. The smallest absolute Gasteiger partial charge is 0.317 e. The Labute approximate surface area is 134 Å². The summed E-state index contributed by atoms with van der Waals surface area (Å²) in [6.45, 7) is 10.6. The van der Waals surface area contributed by atoms with Gasteiger partial charge >= 0.3 is 6.03 Å². The number of amides is 3. The SMILES string of the molecule is C[C@@H]1CCCC[C@@H]1NC(=O)N1CCN(C(=O)C(C)(C)C)CC1. The van der Waals surface area contributed by atoms with E-state index in [2.05, 4.69) is 12.2 Å². The van der Waals surface area contributed by atoms with E-state index in [-0.39, 0.29) is 17.4 Å². The Morgan fingerprint density at radius 3 is 2.05 bits per heavy atom. The summed E-state index contributed by atoms with van der Waals surface area (Å²) in [5.41, 5.74) is -0.345. The molecule has 1 aliphatic heterocycles. The van der Waals surface area contributed by atoms with Gasteiger partial charge in [-0.05, 0) is 18.8 Å². The number of hydrogen-bond donors (Lipinski definition) is 1. The number of nitrogens with zero attached hydrogens (tertiary/aromatic N) is 2. The van der Waals surface area contributed by atoms with E-state index in [1.54, 1.807) is 0 Å². The fourth-order valence-corrected chi connectivity index (χ4v) is 3.37. The van der Waals surface area contributed by atoms with Crippen LogP contribution in [0.25, 0.3) is 0 Å². The van der Waals surface area contributed by atoms with Gasteiger partial charge in [-0.1, -0.05) is 40.5 Å². The first kappa shape index (κ1) is 17.1. The van der Waals surface area contributed by atoms with Gasteiger partial charge in [0.05, 0.1) is 0 Å². The second kappa shape index (κ2) is 6.88. The number of carbonyl (C=O) groups excluding carboxylic acids is 2. The van der Waals surface area contributed by atoms with Gasteiger partial charge in [0.2, 0.25) is 5.91 Å². The zero-order chi connectivity index (χ0) is 16.3. The molecule has 2 atom stereocenters. The Morgan fingerprint density at radius 2 is 1.50 bits per heavy atom. The summed E-state index contributed by atoms with van der Waals surface area (Å²) in [7, 11) is 0.